The first-order valence-electron chi connectivity index (χ1n) is 11.2. The van der Waals surface area contributed by atoms with E-state index in [2.05, 4.69) is 59.7 Å². The summed E-state index contributed by atoms with van der Waals surface area (Å²) < 4.78 is 13.3. The number of hydrogen-bond donors (Lipinski definition) is 0. The standard InChI is InChI=1S/C26H35N3O3/c1-7-26(8-2,25(30)31-6)17-32-23-12-11-20-15-22(10-9-21(20)16-23)24(19(3)28(4)5)29-14-13-27-18-29/h9-16,18-19,24H,7-8,17H2,1-6H3. The average Bonchev–Trinajstić information content (AvgIpc) is 3.34. The summed E-state index contributed by atoms with van der Waals surface area (Å²) in [5.74, 6) is 0.543. The van der Waals surface area contributed by atoms with Gasteiger partial charge in [0.1, 0.15) is 17.8 Å². The van der Waals surface area contributed by atoms with Gasteiger partial charge in [-0.15, -0.1) is 0 Å². The molecule has 2 atom stereocenters. The first kappa shape index (κ1) is 23.8. The molecule has 0 spiro atoms. The van der Waals surface area contributed by atoms with Gasteiger partial charge >= 0.3 is 5.97 Å². The molecule has 2 unspecified atom stereocenters. The second-order valence-corrected chi connectivity index (χ2v) is 8.70. The van der Waals surface area contributed by atoms with Crippen molar-refractivity contribution in [2.45, 2.75) is 45.7 Å². The Kier molecular flexibility index (Phi) is 7.56. The molecule has 6 nitrogen and oxygen atoms in total. The van der Waals surface area contributed by atoms with Crippen LogP contribution in [-0.4, -0.2) is 54.3 Å². The third-order valence-electron chi connectivity index (χ3n) is 6.78. The Morgan fingerprint density at radius 2 is 1.81 bits per heavy atom. The van der Waals surface area contributed by atoms with Crippen LogP contribution in [0.5, 0.6) is 5.75 Å². The third kappa shape index (κ3) is 4.80. The van der Waals surface area contributed by atoms with Crippen LogP contribution in [0.2, 0.25) is 0 Å². The Labute approximate surface area is 191 Å². The van der Waals surface area contributed by atoms with E-state index in [9.17, 15) is 4.79 Å². The van der Waals surface area contributed by atoms with Gasteiger partial charge in [0.05, 0.1) is 19.5 Å². The van der Waals surface area contributed by atoms with E-state index in [-0.39, 0.29) is 12.0 Å². The monoisotopic (exact) mass is 437 g/mol. The maximum Gasteiger partial charge on any atom is 0.315 e. The molecule has 32 heavy (non-hydrogen) atoms. The lowest BCUT2D eigenvalue weighted by molar-refractivity contribution is -0.155. The summed E-state index contributed by atoms with van der Waals surface area (Å²) in [5.41, 5.74) is 0.612. The van der Waals surface area contributed by atoms with E-state index >= 15 is 0 Å². The van der Waals surface area contributed by atoms with E-state index in [0.717, 1.165) is 16.5 Å². The van der Waals surface area contributed by atoms with E-state index in [1.54, 1.807) is 0 Å². The fourth-order valence-corrected chi connectivity index (χ4v) is 4.17. The molecule has 1 heterocycles. The van der Waals surface area contributed by atoms with Crippen LogP contribution in [0.3, 0.4) is 0 Å². The molecule has 6 heteroatoms. The van der Waals surface area contributed by atoms with Crippen molar-refractivity contribution in [3.63, 3.8) is 0 Å². The number of benzene rings is 2. The summed E-state index contributed by atoms with van der Waals surface area (Å²) in [6, 6.07) is 13.1. The number of imidazole rings is 1. The molecule has 1 aromatic heterocycles. The lowest BCUT2D eigenvalue weighted by Gasteiger charge is -2.31. The number of ether oxygens (including phenoxy) is 2. The fraction of sp³-hybridized carbons (Fsp3) is 0.462. The highest BCUT2D eigenvalue weighted by molar-refractivity contribution is 5.84. The molecular formula is C26H35N3O3. The first-order valence-corrected chi connectivity index (χ1v) is 11.2. The Hall–Kier alpha value is -2.86. The van der Waals surface area contributed by atoms with Gasteiger partial charge in [-0.05, 0) is 68.4 Å². The van der Waals surface area contributed by atoms with Gasteiger partial charge in [-0.1, -0.05) is 32.0 Å². The van der Waals surface area contributed by atoms with E-state index in [0.29, 0.717) is 25.5 Å². The molecule has 0 amide bonds. The molecule has 0 aliphatic heterocycles. The van der Waals surface area contributed by atoms with Gasteiger partial charge in [-0.2, -0.15) is 0 Å². The maximum atomic E-state index is 12.3. The van der Waals surface area contributed by atoms with Crippen molar-refractivity contribution in [2.24, 2.45) is 5.41 Å². The lowest BCUT2D eigenvalue weighted by atomic mass is 9.83. The van der Waals surface area contributed by atoms with Crippen LogP contribution < -0.4 is 4.74 Å². The molecule has 0 aliphatic carbocycles. The zero-order valence-corrected chi connectivity index (χ0v) is 20.0. The van der Waals surface area contributed by atoms with Crippen LogP contribution in [0, 0.1) is 5.41 Å². The highest BCUT2D eigenvalue weighted by Crippen LogP contribution is 2.32. The second-order valence-electron chi connectivity index (χ2n) is 8.70. The maximum absolute atomic E-state index is 12.3. The molecule has 172 valence electrons. The van der Waals surface area contributed by atoms with E-state index in [1.807, 2.05) is 44.7 Å². The van der Waals surface area contributed by atoms with Gasteiger partial charge in [0, 0.05) is 18.4 Å². The first-order chi connectivity index (χ1) is 15.3. The summed E-state index contributed by atoms with van der Waals surface area (Å²) in [4.78, 5) is 18.8. The molecule has 0 bridgehead atoms. The number of hydrogen-bond acceptors (Lipinski definition) is 5. The summed E-state index contributed by atoms with van der Waals surface area (Å²) in [7, 11) is 5.63. The molecule has 3 rings (SSSR count). The minimum atomic E-state index is -0.617. The topological polar surface area (TPSA) is 56.6 Å². The van der Waals surface area contributed by atoms with Crippen molar-refractivity contribution < 1.29 is 14.3 Å². The van der Waals surface area contributed by atoms with Crippen LogP contribution in [0.4, 0.5) is 0 Å². The van der Waals surface area contributed by atoms with Gasteiger partial charge in [0.25, 0.3) is 0 Å². The Balaban J connectivity index is 1.87. The molecule has 0 aliphatic rings. The quantitative estimate of drug-likeness (QED) is 0.421. The minimum absolute atomic E-state index is 0.155. The molecule has 0 radical (unpaired) electrons. The van der Waals surface area contributed by atoms with E-state index in [1.165, 1.54) is 12.7 Å². The number of likely N-dealkylation sites (N-methyl/N-ethyl adjacent to an activating group) is 1. The predicted molar refractivity (Wildman–Crippen MR) is 128 cm³/mol. The van der Waals surface area contributed by atoms with Crippen molar-refractivity contribution in [3.05, 3.63) is 60.7 Å². The van der Waals surface area contributed by atoms with Crippen LogP contribution in [-0.2, 0) is 9.53 Å². The minimum Gasteiger partial charge on any atom is -0.492 e. The average molecular weight is 438 g/mol. The Bertz CT molecular complexity index is 1030. The molecule has 0 saturated carbocycles. The Morgan fingerprint density at radius 3 is 2.41 bits per heavy atom. The SMILES string of the molecule is CCC(CC)(COc1ccc2cc(C(C(C)N(C)C)n3ccnc3)ccc2c1)C(=O)OC. The summed E-state index contributed by atoms with van der Waals surface area (Å²) >= 11 is 0. The number of fused-ring (bicyclic) bond motifs is 1. The van der Waals surface area contributed by atoms with Crippen LogP contribution in [0.1, 0.15) is 45.2 Å². The summed E-state index contributed by atoms with van der Waals surface area (Å²) in [6.07, 6.45) is 7.06. The molecule has 2 aromatic carbocycles. The van der Waals surface area contributed by atoms with Crippen molar-refractivity contribution in [3.8, 4) is 5.75 Å². The molecule has 0 saturated heterocycles. The molecule has 0 fully saturated rings. The normalized spacial score (nSPS) is 13.8. The summed E-state index contributed by atoms with van der Waals surface area (Å²) in [5, 5.41) is 2.25. The second kappa shape index (κ2) is 10.2. The molecule has 3 aromatic rings. The van der Waals surface area contributed by atoms with Crippen LogP contribution in [0.25, 0.3) is 10.8 Å². The highest BCUT2D eigenvalue weighted by atomic mass is 16.5. The smallest absolute Gasteiger partial charge is 0.315 e. The van der Waals surface area contributed by atoms with E-state index in [4.69, 9.17) is 9.47 Å². The van der Waals surface area contributed by atoms with Gasteiger partial charge in [-0.25, -0.2) is 4.98 Å². The van der Waals surface area contributed by atoms with Crippen molar-refractivity contribution in [1.82, 2.24) is 14.5 Å². The van der Waals surface area contributed by atoms with Crippen LogP contribution >= 0.6 is 0 Å². The lowest BCUT2D eigenvalue weighted by Crippen LogP contribution is -2.37. The Morgan fingerprint density at radius 1 is 1.12 bits per heavy atom. The number of methoxy groups -OCH3 is 1. The largest absolute Gasteiger partial charge is 0.492 e. The zero-order chi connectivity index (χ0) is 23.3. The zero-order valence-electron chi connectivity index (χ0n) is 20.0. The summed E-state index contributed by atoms with van der Waals surface area (Å²) in [6.45, 7) is 6.52. The van der Waals surface area contributed by atoms with Crippen molar-refractivity contribution >= 4 is 16.7 Å². The fourth-order valence-electron chi connectivity index (χ4n) is 4.17. The molecule has 0 N–H and O–H groups in total. The van der Waals surface area contributed by atoms with E-state index < -0.39 is 5.41 Å². The van der Waals surface area contributed by atoms with Crippen molar-refractivity contribution in [1.29, 1.82) is 0 Å². The van der Waals surface area contributed by atoms with Gasteiger partial charge in [0.15, 0.2) is 0 Å². The van der Waals surface area contributed by atoms with Crippen LogP contribution in [0.15, 0.2) is 55.1 Å². The van der Waals surface area contributed by atoms with Crippen molar-refractivity contribution in [2.75, 3.05) is 27.8 Å². The number of carbonyl (C=O) groups excluding carboxylic acids is 1. The molecular weight excluding hydrogens is 402 g/mol. The number of nitrogens with zero attached hydrogens (tertiary/aromatic N) is 3. The number of rotatable bonds is 10. The highest BCUT2D eigenvalue weighted by Gasteiger charge is 2.37. The van der Waals surface area contributed by atoms with Gasteiger partial charge in [-0.3, -0.25) is 4.79 Å². The van der Waals surface area contributed by atoms with Gasteiger partial charge < -0.3 is 18.9 Å². The van der Waals surface area contributed by atoms with Gasteiger partial charge in [0.2, 0.25) is 0 Å². The third-order valence-corrected chi connectivity index (χ3v) is 6.78. The number of aromatic nitrogens is 2. The number of carbonyl (C=O) groups is 1. The predicted octanol–water partition coefficient (Wildman–Crippen LogP) is 4.93. The number of esters is 1.